The standard InChI is InChI=1S/C20H30O2/c1-12(2)14-8-6-7-9-15-13(3)18-16(21)10-17(22)20(18,11-14)19(15,4)5/h12,14-15H,6-11H2,1-5H3/t14-,15-,20-/m1/s1. The Balaban J connectivity index is 2.20. The van der Waals surface area contributed by atoms with Gasteiger partial charge >= 0.3 is 0 Å². The quantitative estimate of drug-likeness (QED) is 0.657. The van der Waals surface area contributed by atoms with Crippen molar-refractivity contribution in [3.63, 3.8) is 0 Å². The first-order valence-corrected chi connectivity index (χ1v) is 9.01. The molecule has 3 rings (SSSR count). The highest BCUT2D eigenvalue weighted by atomic mass is 16.2. The topological polar surface area (TPSA) is 34.1 Å². The fourth-order valence-corrected chi connectivity index (χ4v) is 5.89. The molecule has 22 heavy (non-hydrogen) atoms. The first kappa shape index (κ1) is 16.0. The zero-order valence-corrected chi connectivity index (χ0v) is 14.8. The first-order valence-electron chi connectivity index (χ1n) is 9.01. The minimum absolute atomic E-state index is 0.104. The highest BCUT2D eigenvalue weighted by Gasteiger charge is 2.66. The molecule has 3 aliphatic rings. The summed E-state index contributed by atoms with van der Waals surface area (Å²) in [4.78, 5) is 25.7. The average Bonchev–Trinajstić information content (AvgIpc) is 2.78. The van der Waals surface area contributed by atoms with Crippen LogP contribution in [0.15, 0.2) is 11.1 Å². The fraction of sp³-hybridized carbons (Fsp3) is 0.800. The van der Waals surface area contributed by atoms with Crippen molar-refractivity contribution in [2.75, 3.05) is 0 Å². The van der Waals surface area contributed by atoms with E-state index in [0.29, 0.717) is 17.8 Å². The molecule has 2 fully saturated rings. The second-order valence-corrected chi connectivity index (χ2v) is 8.75. The van der Waals surface area contributed by atoms with E-state index in [0.717, 1.165) is 18.4 Å². The third-order valence-electron chi connectivity index (χ3n) is 7.22. The summed E-state index contributed by atoms with van der Waals surface area (Å²) >= 11 is 0. The summed E-state index contributed by atoms with van der Waals surface area (Å²) < 4.78 is 0. The Morgan fingerprint density at radius 1 is 1.09 bits per heavy atom. The van der Waals surface area contributed by atoms with Gasteiger partial charge in [0.1, 0.15) is 0 Å². The monoisotopic (exact) mass is 302 g/mol. The summed E-state index contributed by atoms with van der Waals surface area (Å²) in [6.45, 7) is 11.2. The zero-order valence-electron chi connectivity index (χ0n) is 14.8. The van der Waals surface area contributed by atoms with Crippen molar-refractivity contribution in [2.45, 2.75) is 73.1 Å². The van der Waals surface area contributed by atoms with Gasteiger partial charge in [-0.2, -0.15) is 0 Å². The molecule has 0 N–H and O–H groups in total. The Labute approximate surface area is 134 Å². The lowest BCUT2D eigenvalue weighted by molar-refractivity contribution is -0.132. The molecule has 2 saturated carbocycles. The maximum absolute atomic E-state index is 13.1. The van der Waals surface area contributed by atoms with E-state index in [1.165, 1.54) is 24.8 Å². The Morgan fingerprint density at radius 2 is 1.73 bits per heavy atom. The lowest BCUT2D eigenvalue weighted by atomic mass is 9.57. The van der Waals surface area contributed by atoms with Crippen molar-refractivity contribution >= 4 is 11.6 Å². The molecule has 122 valence electrons. The minimum Gasteiger partial charge on any atom is -0.298 e. The van der Waals surface area contributed by atoms with Crippen LogP contribution < -0.4 is 0 Å². The maximum Gasteiger partial charge on any atom is 0.167 e. The van der Waals surface area contributed by atoms with Crippen LogP contribution in [0.25, 0.3) is 0 Å². The van der Waals surface area contributed by atoms with Crippen LogP contribution in [0.1, 0.15) is 73.1 Å². The van der Waals surface area contributed by atoms with Crippen LogP contribution in [0.2, 0.25) is 0 Å². The van der Waals surface area contributed by atoms with Crippen molar-refractivity contribution < 1.29 is 9.59 Å². The first-order chi connectivity index (χ1) is 10.2. The minimum atomic E-state index is -0.488. The third kappa shape index (κ3) is 1.85. The van der Waals surface area contributed by atoms with E-state index in [2.05, 4.69) is 34.6 Å². The van der Waals surface area contributed by atoms with E-state index in [4.69, 9.17) is 0 Å². The highest BCUT2D eigenvalue weighted by molar-refractivity contribution is 6.21. The lowest BCUT2D eigenvalue weighted by Gasteiger charge is -2.44. The van der Waals surface area contributed by atoms with Gasteiger partial charge in [-0.05, 0) is 42.9 Å². The van der Waals surface area contributed by atoms with Gasteiger partial charge in [0.2, 0.25) is 0 Å². The van der Waals surface area contributed by atoms with E-state index in [1.807, 2.05) is 0 Å². The van der Waals surface area contributed by atoms with Crippen LogP contribution in [0.5, 0.6) is 0 Å². The number of carbonyl (C=O) groups is 2. The largest absolute Gasteiger partial charge is 0.298 e. The Kier molecular flexibility index (Phi) is 3.66. The summed E-state index contributed by atoms with van der Waals surface area (Å²) in [7, 11) is 0. The molecule has 0 amide bonds. The summed E-state index contributed by atoms with van der Waals surface area (Å²) in [5.74, 6) is 1.87. The molecule has 2 heteroatoms. The van der Waals surface area contributed by atoms with Crippen LogP contribution in [-0.4, -0.2) is 11.6 Å². The second kappa shape index (κ2) is 5.04. The van der Waals surface area contributed by atoms with Crippen LogP contribution in [0.3, 0.4) is 0 Å². The smallest absolute Gasteiger partial charge is 0.167 e. The Hall–Kier alpha value is -0.920. The van der Waals surface area contributed by atoms with Gasteiger partial charge in [-0.1, -0.05) is 52.5 Å². The highest BCUT2D eigenvalue weighted by Crippen LogP contribution is 2.67. The van der Waals surface area contributed by atoms with Gasteiger partial charge in [0.15, 0.2) is 11.6 Å². The molecular weight excluding hydrogens is 272 g/mol. The van der Waals surface area contributed by atoms with Gasteiger partial charge < -0.3 is 0 Å². The summed E-state index contributed by atoms with van der Waals surface area (Å²) in [6, 6.07) is 0. The van der Waals surface area contributed by atoms with Crippen molar-refractivity contribution in [3.05, 3.63) is 11.1 Å². The number of Topliss-reactive ketones (excluding diaryl/α,β-unsaturated/α-hetero) is 2. The number of rotatable bonds is 1. The summed E-state index contributed by atoms with van der Waals surface area (Å²) in [5.41, 5.74) is 1.58. The van der Waals surface area contributed by atoms with Gasteiger partial charge in [-0.15, -0.1) is 0 Å². The van der Waals surface area contributed by atoms with Crippen molar-refractivity contribution in [2.24, 2.45) is 28.6 Å². The molecule has 0 aliphatic heterocycles. The molecule has 0 aromatic rings. The molecule has 0 saturated heterocycles. The predicted octanol–water partition coefficient (Wildman–Crippen LogP) is 4.72. The van der Waals surface area contributed by atoms with Gasteiger partial charge in [-0.25, -0.2) is 0 Å². The normalized spacial score (nSPS) is 38.1. The number of carbonyl (C=O) groups excluding carboxylic acids is 2. The van der Waals surface area contributed by atoms with Crippen molar-refractivity contribution in [1.29, 1.82) is 0 Å². The van der Waals surface area contributed by atoms with Gasteiger partial charge in [0, 0.05) is 5.57 Å². The molecule has 0 heterocycles. The van der Waals surface area contributed by atoms with Crippen molar-refractivity contribution in [1.82, 2.24) is 0 Å². The number of hydrogen-bond donors (Lipinski definition) is 0. The number of hydrogen-bond acceptors (Lipinski definition) is 2. The van der Waals surface area contributed by atoms with E-state index in [9.17, 15) is 9.59 Å². The SMILES string of the molecule is CC1=C2C(=O)CC(=O)[C@]23C[C@H](C(C)C)CCCC[C@H]1C3(C)C. The molecule has 0 unspecified atom stereocenters. The maximum atomic E-state index is 13.1. The number of ketones is 2. The van der Waals surface area contributed by atoms with Gasteiger partial charge in [-0.3, -0.25) is 9.59 Å². The lowest BCUT2D eigenvalue weighted by Crippen LogP contribution is -2.44. The van der Waals surface area contributed by atoms with E-state index < -0.39 is 5.41 Å². The van der Waals surface area contributed by atoms with E-state index in [-0.39, 0.29) is 23.4 Å². The predicted molar refractivity (Wildman–Crippen MR) is 88.4 cm³/mol. The number of fused-ring (bicyclic) bond motifs is 1. The van der Waals surface area contributed by atoms with Crippen molar-refractivity contribution in [3.8, 4) is 0 Å². The Morgan fingerprint density at radius 3 is 2.36 bits per heavy atom. The molecule has 0 aromatic carbocycles. The van der Waals surface area contributed by atoms with E-state index >= 15 is 0 Å². The molecule has 0 radical (unpaired) electrons. The van der Waals surface area contributed by atoms with Gasteiger partial charge in [0.05, 0.1) is 11.8 Å². The van der Waals surface area contributed by atoms with Crippen LogP contribution in [0.4, 0.5) is 0 Å². The van der Waals surface area contributed by atoms with Crippen LogP contribution >= 0.6 is 0 Å². The summed E-state index contributed by atoms with van der Waals surface area (Å²) in [5, 5.41) is 0. The van der Waals surface area contributed by atoms with Crippen LogP contribution in [-0.2, 0) is 9.59 Å². The second-order valence-electron chi connectivity index (χ2n) is 8.75. The van der Waals surface area contributed by atoms with Crippen LogP contribution in [0, 0.1) is 28.6 Å². The Bertz CT molecular complexity index is 552. The molecule has 0 aromatic heterocycles. The summed E-state index contributed by atoms with van der Waals surface area (Å²) in [6.07, 6.45) is 5.86. The third-order valence-corrected chi connectivity index (χ3v) is 7.22. The molecule has 2 nitrogen and oxygen atoms in total. The van der Waals surface area contributed by atoms with Gasteiger partial charge in [0.25, 0.3) is 0 Å². The van der Waals surface area contributed by atoms with E-state index in [1.54, 1.807) is 0 Å². The molecule has 3 aliphatic carbocycles. The molecule has 1 spiro atoms. The zero-order chi connectivity index (χ0) is 16.3. The molecule has 3 atom stereocenters. The average molecular weight is 302 g/mol. The fourth-order valence-electron chi connectivity index (χ4n) is 5.89. The molecular formula is C20H30O2. The number of allylic oxidation sites excluding steroid dienone is 2. The molecule has 2 bridgehead atoms.